The van der Waals surface area contributed by atoms with E-state index >= 15 is 0 Å². The number of thiazole rings is 1. The van der Waals surface area contributed by atoms with Crippen LogP contribution in [0.2, 0.25) is 5.02 Å². The molecule has 0 saturated carbocycles. The predicted molar refractivity (Wildman–Crippen MR) is 81.0 cm³/mol. The minimum Gasteiger partial charge on any atom is -0.465 e. The number of rotatable bonds is 3. The highest BCUT2D eigenvalue weighted by atomic mass is 35.5. The first kappa shape index (κ1) is 12.9. The molecule has 2 aromatic heterocycles. The third kappa shape index (κ3) is 2.89. The van der Waals surface area contributed by atoms with E-state index in [0.29, 0.717) is 15.9 Å². The number of carbonyl (C=O) groups is 1. The Bertz CT molecular complexity index is 778. The van der Waals surface area contributed by atoms with Crippen molar-refractivity contribution in [2.75, 3.05) is 5.32 Å². The van der Waals surface area contributed by atoms with Crippen LogP contribution in [0.25, 0.3) is 16.3 Å². The van der Waals surface area contributed by atoms with Gasteiger partial charge in [-0.3, -0.25) is 10.1 Å². The molecule has 1 amide bonds. The van der Waals surface area contributed by atoms with Crippen molar-refractivity contribution < 1.29 is 9.21 Å². The first-order valence-electron chi connectivity index (χ1n) is 5.79. The van der Waals surface area contributed by atoms with Crippen molar-refractivity contribution in [3.05, 3.63) is 53.5 Å². The second-order valence-electron chi connectivity index (χ2n) is 3.97. The zero-order valence-corrected chi connectivity index (χ0v) is 11.7. The molecule has 0 radical (unpaired) electrons. The number of nitrogens with one attached hydrogen (secondary N) is 1. The van der Waals surface area contributed by atoms with Crippen LogP contribution in [0.15, 0.2) is 47.1 Å². The standard InChI is InChI=1S/C14H9ClN2O2S/c15-9-3-5-11-12(8-9)20-14(16-11)17-13(18)6-4-10-2-1-7-19-10/h1-8H,(H,16,17,18). The molecule has 3 aromatic rings. The third-order valence-corrected chi connectivity index (χ3v) is 3.69. The molecular weight excluding hydrogens is 296 g/mol. The summed E-state index contributed by atoms with van der Waals surface area (Å²) in [5, 5.41) is 3.90. The lowest BCUT2D eigenvalue weighted by Gasteiger charge is -1.94. The number of carbonyl (C=O) groups excluding carboxylic acids is 1. The Kier molecular flexibility index (Phi) is 3.54. The minimum absolute atomic E-state index is 0.258. The zero-order chi connectivity index (χ0) is 13.9. The molecule has 3 rings (SSSR count). The summed E-state index contributed by atoms with van der Waals surface area (Å²) in [5.74, 6) is 0.364. The summed E-state index contributed by atoms with van der Waals surface area (Å²) in [6.07, 6.45) is 4.55. The van der Waals surface area contributed by atoms with Crippen molar-refractivity contribution >= 4 is 50.3 Å². The Labute approximate surface area is 123 Å². The third-order valence-electron chi connectivity index (χ3n) is 2.52. The van der Waals surface area contributed by atoms with Crippen molar-refractivity contribution in [2.45, 2.75) is 0 Å². The van der Waals surface area contributed by atoms with E-state index in [1.807, 2.05) is 12.1 Å². The van der Waals surface area contributed by atoms with Gasteiger partial charge in [0.1, 0.15) is 5.76 Å². The van der Waals surface area contributed by atoms with Crippen LogP contribution < -0.4 is 5.32 Å². The number of nitrogens with zero attached hydrogens (tertiary/aromatic N) is 1. The Balaban J connectivity index is 1.74. The Morgan fingerprint density at radius 1 is 1.40 bits per heavy atom. The molecule has 0 fully saturated rings. The molecule has 1 N–H and O–H groups in total. The summed E-state index contributed by atoms with van der Waals surface area (Å²) in [6.45, 7) is 0. The molecule has 0 aliphatic rings. The maximum atomic E-state index is 11.8. The molecule has 100 valence electrons. The van der Waals surface area contributed by atoms with Crippen LogP contribution >= 0.6 is 22.9 Å². The largest absolute Gasteiger partial charge is 0.465 e. The average Bonchev–Trinajstić information content (AvgIpc) is 3.04. The summed E-state index contributed by atoms with van der Waals surface area (Å²) >= 11 is 7.29. The maximum Gasteiger partial charge on any atom is 0.250 e. The fraction of sp³-hybridized carbons (Fsp3) is 0. The summed E-state index contributed by atoms with van der Waals surface area (Å²) in [5.41, 5.74) is 0.810. The van der Waals surface area contributed by atoms with E-state index in [1.165, 1.54) is 17.4 Å². The molecule has 2 heterocycles. The predicted octanol–water partition coefficient (Wildman–Crippen LogP) is 4.19. The van der Waals surface area contributed by atoms with Crippen molar-refractivity contribution in [3.63, 3.8) is 0 Å². The second-order valence-corrected chi connectivity index (χ2v) is 5.44. The molecular formula is C14H9ClN2O2S. The molecule has 0 bridgehead atoms. The van der Waals surface area contributed by atoms with Crippen LogP contribution in [-0.4, -0.2) is 10.9 Å². The van der Waals surface area contributed by atoms with Crippen molar-refractivity contribution in [3.8, 4) is 0 Å². The smallest absolute Gasteiger partial charge is 0.250 e. The van der Waals surface area contributed by atoms with Crippen molar-refractivity contribution in [1.29, 1.82) is 0 Å². The van der Waals surface area contributed by atoms with Gasteiger partial charge in [-0.1, -0.05) is 22.9 Å². The SMILES string of the molecule is O=C(C=Cc1ccco1)Nc1nc2ccc(Cl)cc2s1. The number of benzene rings is 1. The normalized spacial score (nSPS) is 11.2. The lowest BCUT2D eigenvalue weighted by molar-refractivity contribution is -0.111. The summed E-state index contributed by atoms with van der Waals surface area (Å²) in [7, 11) is 0. The molecule has 0 aliphatic heterocycles. The first-order chi connectivity index (χ1) is 9.70. The number of furan rings is 1. The Morgan fingerprint density at radius 3 is 3.10 bits per heavy atom. The minimum atomic E-state index is -0.258. The molecule has 0 saturated heterocycles. The fourth-order valence-corrected chi connectivity index (χ4v) is 2.79. The van der Waals surface area contributed by atoms with Crippen LogP contribution in [0.4, 0.5) is 5.13 Å². The molecule has 1 aromatic carbocycles. The molecule has 4 nitrogen and oxygen atoms in total. The van der Waals surface area contributed by atoms with Crippen LogP contribution in [-0.2, 0) is 4.79 Å². The molecule has 0 unspecified atom stereocenters. The van der Waals surface area contributed by atoms with Gasteiger partial charge in [-0.2, -0.15) is 0 Å². The first-order valence-corrected chi connectivity index (χ1v) is 6.99. The topological polar surface area (TPSA) is 55.1 Å². The van der Waals surface area contributed by atoms with Crippen LogP contribution in [0.1, 0.15) is 5.76 Å². The number of halogens is 1. The van der Waals surface area contributed by atoms with Gasteiger partial charge in [0.15, 0.2) is 5.13 Å². The number of amides is 1. The van der Waals surface area contributed by atoms with Gasteiger partial charge in [0.05, 0.1) is 16.5 Å². The number of hydrogen-bond donors (Lipinski definition) is 1. The van der Waals surface area contributed by atoms with Gasteiger partial charge in [0.25, 0.3) is 0 Å². The Morgan fingerprint density at radius 2 is 2.30 bits per heavy atom. The molecule has 0 aliphatic carbocycles. The van der Waals surface area contributed by atoms with E-state index in [0.717, 1.165) is 10.2 Å². The summed E-state index contributed by atoms with van der Waals surface area (Å²) in [6, 6.07) is 8.94. The highest BCUT2D eigenvalue weighted by molar-refractivity contribution is 7.22. The van der Waals surface area contributed by atoms with Gasteiger partial charge in [0.2, 0.25) is 5.91 Å². The quantitative estimate of drug-likeness (QED) is 0.738. The van der Waals surface area contributed by atoms with E-state index in [-0.39, 0.29) is 5.91 Å². The van der Waals surface area contributed by atoms with Gasteiger partial charge < -0.3 is 4.42 Å². The Hall–Kier alpha value is -2.11. The van der Waals surface area contributed by atoms with E-state index in [4.69, 9.17) is 16.0 Å². The van der Waals surface area contributed by atoms with Crippen LogP contribution in [0.3, 0.4) is 0 Å². The van der Waals surface area contributed by atoms with Crippen molar-refractivity contribution in [1.82, 2.24) is 4.98 Å². The lowest BCUT2D eigenvalue weighted by Crippen LogP contribution is -2.07. The second kappa shape index (κ2) is 5.48. The molecule has 6 heteroatoms. The number of hydrogen-bond acceptors (Lipinski definition) is 4. The van der Waals surface area contributed by atoms with Gasteiger partial charge in [-0.25, -0.2) is 4.98 Å². The zero-order valence-electron chi connectivity index (χ0n) is 10.2. The van der Waals surface area contributed by atoms with E-state index in [9.17, 15) is 4.79 Å². The highest BCUT2D eigenvalue weighted by Gasteiger charge is 2.06. The summed E-state index contributed by atoms with van der Waals surface area (Å²) in [4.78, 5) is 16.1. The molecule has 20 heavy (non-hydrogen) atoms. The number of anilines is 1. The number of aromatic nitrogens is 1. The maximum absolute atomic E-state index is 11.8. The highest BCUT2D eigenvalue weighted by Crippen LogP contribution is 2.28. The van der Waals surface area contributed by atoms with Gasteiger partial charge >= 0.3 is 0 Å². The van der Waals surface area contributed by atoms with E-state index in [2.05, 4.69) is 10.3 Å². The fourth-order valence-electron chi connectivity index (χ4n) is 1.64. The van der Waals surface area contributed by atoms with E-state index < -0.39 is 0 Å². The van der Waals surface area contributed by atoms with Crippen LogP contribution in [0, 0.1) is 0 Å². The number of fused-ring (bicyclic) bond motifs is 1. The van der Waals surface area contributed by atoms with Gasteiger partial charge in [-0.05, 0) is 36.4 Å². The van der Waals surface area contributed by atoms with Crippen molar-refractivity contribution in [2.24, 2.45) is 0 Å². The van der Waals surface area contributed by atoms with Crippen LogP contribution in [0.5, 0.6) is 0 Å². The lowest BCUT2D eigenvalue weighted by atomic mass is 10.3. The van der Waals surface area contributed by atoms with Gasteiger partial charge in [-0.15, -0.1) is 0 Å². The molecule has 0 spiro atoms. The monoisotopic (exact) mass is 304 g/mol. The van der Waals surface area contributed by atoms with Gasteiger partial charge in [0, 0.05) is 11.1 Å². The average molecular weight is 305 g/mol. The summed E-state index contributed by atoms with van der Waals surface area (Å²) < 4.78 is 6.03. The molecule has 0 atom stereocenters. The van der Waals surface area contributed by atoms with E-state index in [1.54, 1.807) is 30.5 Å².